The number of nitrogens with zero attached hydrogens (tertiary/aromatic N) is 1. The molecule has 0 aliphatic carbocycles. The van der Waals surface area contributed by atoms with Gasteiger partial charge in [-0.25, -0.2) is 4.79 Å². The van der Waals surface area contributed by atoms with Gasteiger partial charge in [0, 0.05) is 0 Å². The zero-order valence-corrected chi connectivity index (χ0v) is 6.74. The quantitative estimate of drug-likeness (QED) is 0.616. The highest BCUT2D eigenvalue weighted by atomic mass is 127. The molecule has 1 aliphatic rings. The van der Waals surface area contributed by atoms with E-state index in [1.165, 1.54) is 27.9 Å². The van der Waals surface area contributed by atoms with Crippen LogP contribution in [0, 0.1) is 0 Å². The fourth-order valence-electron chi connectivity index (χ4n) is 0.653. The fourth-order valence-corrected chi connectivity index (χ4v) is 0.932. The van der Waals surface area contributed by atoms with Gasteiger partial charge in [-0.1, -0.05) is 0 Å². The van der Waals surface area contributed by atoms with Crippen molar-refractivity contribution in [1.29, 1.82) is 0 Å². The van der Waals surface area contributed by atoms with Crippen molar-refractivity contribution in [3.05, 3.63) is 0 Å². The normalized spacial score (nSPS) is 19.1. The van der Waals surface area contributed by atoms with Gasteiger partial charge in [0.15, 0.2) is 23.0 Å². The molecule has 0 spiro atoms. The standard InChI is InChI=1S/C4H6INO3/c5-9-4(8)6-1-3(7)2-6/h3,7H,1-2H2. The van der Waals surface area contributed by atoms with Crippen LogP contribution in [0.25, 0.3) is 0 Å². The van der Waals surface area contributed by atoms with Crippen LogP contribution in [-0.2, 0) is 3.07 Å². The van der Waals surface area contributed by atoms with Gasteiger partial charge in [-0.3, -0.25) is 0 Å². The maximum atomic E-state index is 10.5. The second-order valence-corrected chi connectivity index (χ2v) is 2.34. The maximum absolute atomic E-state index is 10.5. The van der Waals surface area contributed by atoms with E-state index in [9.17, 15) is 4.79 Å². The topological polar surface area (TPSA) is 49.8 Å². The van der Waals surface area contributed by atoms with E-state index >= 15 is 0 Å². The molecule has 0 aromatic heterocycles. The Balaban J connectivity index is 2.23. The summed E-state index contributed by atoms with van der Waals surface area (Å²) in [4.78, 5) is 12.0. The van der Waals surface area contributed by atoms with Crippen molar-refractivity contribution in [1.82, 2.24) is 4.90 Å². The van der Waals surface area contributed by atoms with Gasteiger partial charge in [0.2, 0.25) is 0 Å². The minimum Gasteiger partial charge on any atom is -0.389 e. The van der Waals surface area contributed by atoms with Crippen LogP contribution in [0.5, 0.6) is 0 Å². The number of β-amino-alcohol motifs (C(OH)–C–C–N with tert-alkyl or cyclic N) is 1. The van der Waals surface area contributed by atoms with Crippen LogP contribution in [-0.4, -0.2) is 35.3 Å². The van der Waals surface area contributed by atoms with Gasteiger partial charge in [0.05, 0.1) is 19.2 Å². The van der Waals surface area contributed by atoms with Crippen molar-refractivity contribution >= 4 is 29.1 Å². The van der Waals surface area contributed by atoms with E-state index in [0.717, 1.165) is 0 Å². The van der Waals surface area contributed by atoms with Crippen LogP contribution < -0.4 is 0 Å². The molecule has 1 amide bonds. The molecule has 0 unspecified atom stereocenters. The molecule has 52 valence electrons. The average molecular weight is 243 g/mol. The molecule has 0 aromatic carbocycles. The third-order valence-corrected chi connectivity index (χ3v) is 1.56. The average Bonchev–Trinajstić information content (AvgIpc) is 1.79. The summed E-state index contributed by atoms with van der Waals surface area (Å²) in [5, 5.41) is 8.71. The molecule has 4 nitrogen and oxygen atoms in total. The van der Waals surface area contributed by atoms with Crippen LogP contribution >= 0.6 is 23.0 Å². The van der Waals surface area contributed by atoms with Crippen LogP contribution in [0.2, 0.25) is 0 Å². The highest BCUT2D eigenvalue weighted by Crippen LogP contribution is 2.09. The first kappa shape index (κ1) is 7.07. The number of aliphatic hydroxyl groups is 1. The lowest BCUT2D eigenvalue weighted by atomic mass is 10.2. The van der Waals surface area contributed by atoms with Crippen LogP contribution in [0.1, 0.15) is 0 Å². The summed E-state index contributed by atoms with van der Waals surface area (Å²) < 4.78 is 4.35. The second kappa shape index (κ2) is 2.70. The molecule has 0 atom stereocenters. The molecule has 0 bridgehead atoms. The number of hydrogen-bond donors (Lipinski definition) is 1. The molecule has 0 saturated carbocycles. The highest BCUT2D eigenvalue weighted by molar-refractivity contribution is 14.1. The lowest BCUT2D eigenvalue weighted by Crippen LogP contribution is -2.53. The Morgan fingerprint density at radius 1 is 1.78 bits per heavy atom. The minimum atomic E-state index is -0.374. The summed E-state index contributed by atoms with van der Waals surface area (Å²) in [6.45, 7) is 0.809. The van der Waals surface area contributed by atoms with Gasteiger partial charge in [0.1, 0.15) is 0 Å². The molecular formula is C4H6INO3. The number of halogens is 1. The Hall–Kier alpha value is -0.0400. The van der Waals surface area contributed by atoms with E-state index in [2.05, 4.69) is 3.07 Å². The molecule has 1 rings (SSSR count). The van der Waals surface area contributed by atoms with E-state index < -0.39 is 0 Å². The van der Waals surface area contributed by atoms with Crippen LogP contribution in [0.15, 0.2) is 0 Å². The summed E-state index contributed by atoms with van der Waals surface area (Å²) in [7, 11) is 0. The van der Waals surface area contributed by atoms with E-state index in [-0.39, 0.29) is 12.2 Å². The molecule has 0 radical (unpaired) electrons. The Morgan fingerprint density at radius 3 is 2.67 bits per heavy atom. The van der Waals surface area contributed by atoms with Crippen molar-refractivity contribution in [2.24, 2.45) is 0 Å². The Labute approximate surface area is 66.5 Å². The zero-order valence-electron chi connectivity index (χ0n) is 4.58. The number of carbonyl (C=O) groups excluding carboxylic acids is 1. The smallest absolute Gasteiger partial charge is 0.389 e. The highest BCUT2D eigenvalue weighted by Gasteiger charge is 2.29. The van der Waals surface area contributed by atoms with Crippen LogP contribution in [0.4, 0.5) is 4.79 Å². The van der Waals surface area contributed by atoms with Gasteiger partial charge in [-0.05, 0) is 0 Å². The molecular weight excluding hydrogens is 237 g/mol. The SMILES string of the molecule is O=C(OI)N1CC(O)C1. The first-order valence-corrected chi connectivity index (χ1v) is 3.37. The molecule has 0 aromatic rings. The Kier molecular flexibility index (Phi) is 2.12. The van der Waals surface area contributed by atoms with Crippen molar-refractivity contribution in [3.8, 4) is 0 Å². The molecule has 9 heavy (non-hydrogen) atoms. The molecule has 5 heteroatoms. The summed E-state index contributed by atoms with van der Waals surface area (Å²) in [5.74, 6) is 0. The predicted octanol–water partition coefficient (Wildman–Crippen LogP) is 0.149. The van der Waals surface area contributed by atoms with E-state index in [4.69, 9.17) is 5.11 Å². The summed E-state index contributed by atoms with van der Waals surface area (Å²) in [6.07, 6.45) is -0.721. The summed E-state index contributed by atoms with van der Waals surface area (Å²) >= 11 is 1.52. The monoisotopic (exact) mass is 243 g/mol. The number of amides is 1. The van der Waals surface area contributed by atoms with Crippen molar-refractivity contribution < 1.29 is 13.0 Å². The van der Waals surface area contributed by atoms with Gasteiger partial charge in [-0.2, -0.15) is 0 Å². The summed E-state index contributed by atoms with van der Waals surface area (Å²) in [5.41, 5.74) is 0. The molecule has 1 fully saturated rings. The lowest BCUT2D eigenvalue weighted by molar-refractivity contribution is 0.0167. The van der Waals surface area contributed by atoms with E-state index in [1.807, 2.05) is 0 Å². The number of likely N-dealkylation sites (tertiary alicyclic amines) is 1. The first-order valence-electron chi connectivity index (χ1n) is 2.49. The largest absolute Gasteiger partial charge is 0.419 e. The maximum Gasteiger partial charge on any atom is 0.419 e. The minimum absolute atomic E-state index is 0.347. The third kappa shape index (κ3) is 1.45. The zero-order chi connectivity index (χ0) is 6.85. The number of carbonyl (C=O) groups is 1. The van der Waals surface area contributed by atoms with Gasteiger partial charge < -0.3 is 13.1 Å². The lowest BCUT2D eigenvalue weighted by Gasteiger charge is -2.33. The van der Waals surface area contributed by atoms with E-state index in [1.54, 1.807) is 0 Å². The van der Waals surface area contributed by atoms with Crippen molar-refractivity contribution in [2.75, 3.05) is 13.1 Å². The first-order chi connectivity index (χ1) is 4.24. The molecule has 1 aliphatic heterocycles. The van der Waals surface area contributed by atoms with Crippen LogP contribution in [0.3, 0.4) is 0 Å². The molecule has 1 heterocycles. The molecule has 1 saturated heterocycles. The molecule has 1 N–H and O–H groups in total. The number of aliphatic hydroxyl groups excluding tert-OH is 1. The Bertz CT molecular complexity index is 123. The van der Waals surface area contributed by atoms with Crippen molar-refractivity contribution in [3.63, 3.8) is 0 Å². The fraction of sp³-hybridized carbons (Fsp3) is 0.750. The Morgan fingerprint density at radius 2 is 2.33 bits per heavy atom. The number of hydrogen-bond acceptors (Lipinski definition) is 3. The summed E-state index contributed by atoms with van der Waals surface area (Å²) in [6, 6.07) is 0. The third-order valence-electron chi connectivity index (χ3n) is 1.19. The van der Waals surface area contributed by atoms with Gasteiger partial charge in [0.25, 0.3) is 0 Å². The predicted molar refractivity (Wildman–Crippen MR) is 38.1 cm³/mol. The number of rotatable bonds is 0. The van der Waals surface area contributed by atoms with Gasteiger partial charge in [-0.15, -0.1) is 0 Å². The van der Waals surface area contributed by atoms with E-state index in [0.29, 0.717) is 13.1 Å². The second-order valence-electron chi connectivity index (χ2n) is 1.90. The van der Waals surface area contributed by atoms with Gasteiger partial charge >= 0.3 is 6.09 Å². The van der Waals surface area contributed by atoms with Crippen molar-refractivity contribution in [2.45, 2.75) is 6.10 Å².